The zero-order valence-corrected chi connectivity index (χ0v) is 10.8. The minimum Gasteiger partial charge on any atom is -0.469 e. The largest absolute Gasteiger partial charge is 0.469 e. The lowest BCUT2D eigenvalue weighted by Crippen LogP contribution is -2.37. The van der Waals surface area contributed by atoms with Crippen LogP contribution in [0.3, 0.4) is 0 Å². The van der Waals surface area contributed by atoms with E-state index in [0.29, 0.717) is 0 Å². The number of ether oxygens (including phenoxy) is 1. The Morgan fingerprint density at radius 2 is 2.00 bits per heavy atom. The smallest absolute Gasteiger partial charge is 0.314 e. The van der Waals surface area contributed by atoms with E-state index in [1.54, 1.807) is 0 Å². The lowest BCUT2D eigenvalue weighted by molar-refractivity contribution is -0.143. The van der Waals surface area contributed by atoms with Gasteiger partial charge in [0.1, 0.15) is 0 Å². The fourth-order valence-electron chi connectivity index (χ4n) is 2.11. The van der Waals surface area contributed by atoms with E-state index in [9.17, 15) is 4.79 Å². The van der Waals surface area contributed by atoms with Crippen LogP contribution in [0.15, 0.2) is 30.3 Å². The number of methoxy groups -OCH3 is 1. The van der Waals surface area contributed by atoms with Gasteiger partial charge in [-0.25, -0.2) is 0 Å². The Bertz CT molecular complexity index is 337. The van der Waals surface area contributed by atoms with Gasteiger partial charge in [0, 0.05) is 6.04 Å². The van der Waals surface area contributed by atoms with Gasteiger partial charge in [-0.3, -0.25) is 4.79 Å². The van der Waals surface area contributed by atoms with Crippen molar-refractivity contribution in [2.45, 2.75) is 31.7 Å². The van der Waals surface area contributed by atoms with E-state index in [0.717, 1.165) is 18.4 Å². The first-order valence-electron chi connectivity index (χ1n) is 6.04. The van der Waals surface area contributed by atoms with Gasteiger partial charge in [0.15, 0.2) is 0 Å². The molecule has 3 heteroatoms. The molecule has 3 nitrogen and oxygen atoms in total. The highest BCUT2D eigenvalue weighted by Crippen LogP contribution is 2.23. The van der Waals surface area contributed by atoms with Crippen LogP contribution in [0.4, 0.5) is 0 Å². The summed E-state index contributed by atoms with van der Waals surface area (Å²) in [6.45, 7) is 2.11. The first-order chi connectivity index (χ1) is 8.24. The third-order valence-electron chi connectivity index (χ3n) is 2.99. The van der Waals surface area contributed by atoms with E-state index >= 15 is 0 Å². The minimum absolute atomic E-state index is 0.120. The van der Waals surface area contributed by atoms with E-state index in [-0.39, 0.29) is 17.9 Å². The van der Waals surface area contributed by atoms with Gasteiger partial charge < -0.3 is 10.1 Å². The number of benzene rings is 1. The van der Waals surface area contributed by atoms with Crippen LogP contribution in [-0.2, 0) is 9.53 Å². The van der Waals surface area contributed by atoms with Crippen molar-refractivity contribution in [1.29, 1.82) is 0 Å². The Balaban J connectivity index is 2.98. The lowest BCUT2D eigenvalue weighted by Gasteiger charge is -2.24. The summed E-state index contributed by atoms with van der Waals surface area (Å²) in [5.74, 6) is -0.407. The van der Waals surface area contributed by atoms with Gasteiger partial charge in [0.05, 0.1) is 13.0 Å². The summed E-state index contributed by atoms with van der Waals surface area (Å²) in [6.07, 6.45) is 1.98. The molecule has 94 valence electrons. The average molecular weight is 235 g/mol. The topological polar surface area (TPSA) is 38.3 Å². The van der Waals surface area contributed by atoms with Crippen LogP contribution in [0.2, 0.25) is 0 Å². The monoisotopic (exact) mass is 235 g/mol. The number of rotatable bonds is 6. The molecule has 0 amide bonds. The molecule has 0 bridgehead atoms. The van der Waals surface area contributed by atoms with Crippen LogP contribution in [-0.4, -0.2) is 26.2 Å². The molecule has 0 spiro atoms. The zero-order valence-electron chi connectivity index (χ0n) is 10.8. The van der Waals surface area contributed by atoms with Crippen molar-refractivity contribution in [3.63, 3.8) is 0 Å². The van der Waals surface area contributed by atoms with E-state index in [2.05, 4.69) is 12.2 Å². The number of carbonyl (C=O) groups is 1. The third-order valence-corrected chi connectivity index (χ3v) is 2.99. The van der Waals surface area contributed by atoms with Gasteiger partial charge in [-0.05, 0) is 19.0 Å². The van der Waals surface area contributed by atoms with Crippen molar-refractivity contribution in [1.82, 2.24) is 5.32 Å². The molecular weight excluding hydrogens is 214 g/mol. The van der Waals surface area contributed by atoms with Crippen LogP contribution in [0, 0.1) is 0 Å². The summed E-state index contributed by atoms with van der Waals surface area (Å²) < 4.78 is 4.92. The van der Waals surface area contributed by atoms with E-state index in [4.69, 9.17) is 4.74 Å². The summed E-state index contributed by atoms with van der Waals surface area (Å²) in [4.78, 5) is 11.9. The van der Waals surface area contributed by atoms with Crippen LogP contribution < -0.4 is 5.32 Å². The summed E-state index contributed by atoms with van der Waals surface area (Å²) in [7, 11) is 3.33. The van der Waals surface area contributed by atoms with Gasteiger partial charge >= 0.3 is 5.97 Å². The maximum atomic E-state index is 11.9. The Labute approximate surface area is 103 Å². The van der Waals surface area contributed by atoms with Crippen LogP contribution in [0.25, 0.3) is 0 Å². The number of nitrogens with one attached hydrogen (secondary N) is 1. The third kappa shape index (κ3) is 3.56. The van der Waals surface area contributed by atoms with Crippen molar-refractivity contribution in [2.24, 2.45) is 0 Å². The first kappa shape index (κ1) is 13.7. The second-order valence-corrected chi connectivity index (χ2v) is 4.10. The van der Waals surface area contributed by atoms with Crippen LogP contribution in [0.1, 0.15) is 31.2 Å². The summed E-state index contributed by atoms with van der Waals surface area (Å²) >= 11 is 0. The quantitative estimate of drug-likeness (QED) is 0.769. The Hall–Kier alpha value is -1.35. The molecule has 1 aromatic carbocycles. The number of carbonyl (C=O) groups excluding carboxylic acids is 1. The molecule has 0 aromatic heterocycles. The highest BCUT2D eigenvalue weighted by molar-refractivity contribution is 5.79. The summed E-state index contributed by atoms with van der Waals surface area (Å²) in [5, 5.41) is 3.22. The molecule has 1 rings (SSSR count). The Kier molecular flexibility index (Phi) is 5.70. The molecule has 0 saturated carbocycles. The molecule has 2 atom stereocenters. The molecule has 0 aliphatic heterocycles. The van der Waals surface area contributed by atoms with Crippen molar-refractivity contribution >= 4 is 5.97 Å². The first-order valence-corrected chi connectivity index (χ1v) is 6.04. The normalized spacial score (nSPS) is 14.1. The maximum absolute atomic E-state index is 11.9. The van der Waals surface area contributed by atoms with Crippen LogP contribution in [0.5, 0.6) is 0 Å². The van der Waals surface area contributed by atoms with E-state index < -0.39 is 0 Å². The number of hydrogen-bond acceptors (Lipinski definition) is 3. The molecule has 0 aliphatic rings. The molecule has 0 aliphatic carbocycles. The van der Waals surface area contributed by atoms with Crippen molar-refractivity contribution in [3.8, 4) is 0 Å². The molecule has 1 aromatic rings. The average Bonchev–Trinajstić information content (AvgIpc) is 2.39. The van der Waals surface area contributed by atoms with Crippen LogP contribution >= 0.6 is 0 Å². The molecular formula is C14H21NO2. The second-order valence-electron chi connectivity index (χ2n) is 4.10. The van der Waals surface area contributed by atoms with Crippen molar-refractivity contribution in [3.05, 3.63) is 35.9 Å². The summed E-state index contributed by atoms with van der Waals surface area (Å²) in [5.41, 5.74) is 1.01. The molecule has 2 unspecified atom stereocenters. The molecule has 17 heavy (non-hydrogen) atoms. The maximum Gasteiger partial charge on any atom is 0.314 e. The molecule has 0 radical (unpaired) electrons. The highest BCUT2D eigenvalue weighted by Gasteiger charge is 2.28. The predicted molar refractivity (Wildman–Crippen MR) is 69.0 cm³/mol. The molecule has 1 N–H and O–H groups in total. The second kappa shape index (κ2) is 7.07. The minimum atomic E-state index is -0.230. The standard InChI is InChI=1S/C14H21NO2/c1-4-8-12(15-2)13(14(16)17-3)11-9-6-5-7-10-11/h5-7,9-10,12-13,15H,4,8H2,1-3H3. The highest BCUT2D eigenvalue weighted by atomic mass is 16.5. The van der Waals surface area contributed by atoms with E-state index in [1.807, 2.05) is 37.4 Å². The molecule has 0 fully saturated rings. The van der Waals surface area contributed by atoms with Gasteiger partial charge in [-0.15, -0.1) is 0 Å². The Morgan fingerprint density at radius 3 is 2.47 bits per heavy atom. The molecule has 0 heterocycles. The van der Waals surface area contributed by atoms with Gasteiger partial charge in [-0.2, -0.15) is 0 Å². The van der Waals surface area contributed by atoms with Gasteiger partial charge in [0.2, 0.25) is 0 Å². The van der Waals surface area contributed by atoms with Crippen molar-refractivity contribution < 1.29 is 9.53 Å². The number of likely N-dealkylation sites (N-methyl/N-ethyl adjacent to an activating group) is 1. The van der Waals surface area contributed by atoms with E-state index in [1.165, 1.54) is 7.11 Å². The fourth-order valence-corrected chi connectivity index (χ4v) is 2.11. The fraction of sp³-hybridized carbons (Fsp3) is 0.500. The summed E-state index contributed by atoms with van der Waals surface area (Å²) in [6, 6.07) is 9.91. The predicted octanol–water partition coefficient (Wildman–Crippen LogP) is 2.33. The zero-order chi connectivity index (χ0) is 12.7. The van der Waals surface area contributed by atoms with Gasteiger partial charge in [0.25, 0.3) is 0 Å². The van der Waals surface area contributed by atoms with Gasteiger partial charge in [-0.1, -0.05) is 43.7 Å². The molecule has 0 saturated heterocycles. The lowest BCUT2D eigenvalue weighted by atomic mass is 9.89. The SMILES string of the molecule is CCCC(NC)C(C(=O)OC)c1ccccc1. The Morgan fingerprint density at radius 1 is 1.35 bits per heavy atom. The number of esters is 1. The number of hydrogen-bond donors (Lipinski definition) is 1. The van der Waals surface area contributed by atoms with Crippen molar-refractivity contribution in [2.75, 3.05) is 14.2 Å².